The quantitative estimate of drug-likeness (QED) is 0.134. The Morgan fingerprint density at radius 2 is 1.75 bits per heavy atom. The van der Waals surface area contributed by atoms with Gasteiger partial charge in [-0.05, 0) is 37.1 Å². The molecule has 1 aliphatic heterocycles. The van der Waals surface area contributed by atoms with E-state index in [0.717, 1.165) is 0 Å². The predicted molar refractivity (Wildman–Crippen MR) is 197 cm³/mol. The number of likely N-dealkylation sites (tertiary alicyclic amines) is 1. The van der Waals surface area contributed by atoms with Gasteiger partial charge < -0.3 is 34.1 Å². The molecule has 1 fully saturated rings. The standard InChI is InChI=1S/C37H37Cl2F2N7O5/c1-21(49)46-13-10-25(11-14-46)48(37(50)51)19-22-7-8-29(45-36(22)53-3)28-6-4-5-26(32(28)38)27-9-12-43-34(33(27)39)23-15-30(52-2)35-44-24(20-47(35)18-23)16-42-17-31(40)41/h4-9,12,15,18,20,25,31,42H,10-11,13-14,16-17,19H2,1-3H3,(H,50,51). The number of carbonyl (C=O) groups excluding carboxylic acids is 1. The van der Waals surface area contributed by atoms with E-state index in [1.165, 1.54) is 26.0 Å². The van der Waals surface area contributed by atoms with Crippen LogP contribution in [0.15, 0.2) is 61.1 Å². The SMILES string of the molecule is COc1nc(-c2cccc(-c3ccnc(-c4cc(OC)c5nc(CNCC(F)F)cn5c4)c3Cl)c2Cl)ccc1CN(C(=O)O)C1CCN(C(C)=O)CC1. The number of hydrogen-bond donors (Lipinski definition) is 2. The molecule has 4 aromatic heterocycles. The molecule has 2 amide bonds. The first kappa shape index (κ1) is 37.7. The van der Waals surface area contributed by atoms with Crippen molar-refractivity contribution in [2.45, 2.75) is 45.3 Å². The van der Waals surface area contributed by atoms with E-state index in [0.29, 0.717) is 92.3 Å². The molecule has 16 heteroatoms. The number of amides is 2. The molecule has 1 saturated heterocycles. The smallest absolute Gasteiger partial charge is 0.407 e. The van der Waals surface area contributed by atoms with Crippen molar-refractivity contribution in [3.8, 4) is 45.3 Å². The number of rotatable bonds is 12. The van der Waals surface area contributed by atoms with Crippen LogP contribution in [-0.2, 0) is 17.9 Å². The van der Waals surface area contributed by atoms with Crippen LogP contribution in [0.1, 0.15) is 31.0 Å². The molecule has 5 heterocycles. The fourth-order valence-corrected chi connectivity index (χ4v) is 7.18. The van der Waals surface area contributed by atoms with Crippen molar-refractivity contribution < 1.29 is 33.0 Å². The van der Waals surface area contributed by atoms with Crippen LogP contribution in [0.4, 0.5) is 13.6 Å². The Bertz CT molecular complexity index is 2140. The summed E-state index contributed by atoms with van der Waals surface area (Å²) in [6.45, 7) is 2.27. The van der Waals surface area contributed by atoms with Gasteiger partial charge in [-0.2, -0.15) is 0 Å². The molecule has 0 unspecified atom stereocenters. The second kappa shape index (κ2) is 16.3. The summed E-state index contributed by atoms with van der Waals surface area (Å²) in [5.74, 6) is 0.683. The van der Waals surface area contributed by atoms with Gasteiger partial charge in [-0.1, -0.05) is 41.4 Å². The number of hydrogen-bond acceptors (Lipinski definition) is 8. The zero-order chi connectivity index (χ0) is 37.8. The highest BCUT2D eigenvalue weighted by Gasteiger charge is 2.30. The van der Waals surface area contributed by atoms with Crippen molar-refractivity contribution in [3.05, 3.63) is 82.4 Å². The van der Waals surface area contributed by atoms with Gasteiger partial charge in [0.05, 0.1) is 54.4 Å². The van der Waals surface area contributed by atoms with Crippen molar-refractivity contribution in [1.29, 1.82) is 0 Å². The van der Waals surface area contributed by atoms with Crippen molar-refractivity contribution in [2.75, 3.05) is 33.9 Å². The van der Waals surface area contributed by atoms with Crippen LogP contribution in [-0.4, -0.2) is 92.6 Å². The van der Waals surface area contributed by atoms with Gasteiger partial charge in [-0.25, -0.2) is 23.5 Å². The number of methoxy groups -OCH3 is 2. The van der Waals surface area contributed by atoms with Gasteiger partial charge in [0, 0.05) is 79.0 Å². The van der Waals surface area contributed by atoms with Gasteiger partial charge in [-0.15, -0.1) is 0 Å². The number of aromatic nitrogens is 4. The monoisotopic (exact) mass is 767 g/mol. The van der Waals surface area contributed by atoms with E-state index < -0.39 is 19.1 Å². The average Bonchev–Trinajstić information content (AvgIpc) is 3.56. The van der Waals surface area contributed by atoms with Crippen LogP contribution in [0.25, 0.3) is 39.3 Å². The molecule has 278 valence electrons. The van der Waals surface area contributed by atoms with Crippen molar-refractivity contribution in [2.24, 2.45) is 0 Å². The molecule has 0 atom stereocenters. The number of ether oxygens (including phenoxy) is 2. The van der Waals surface area contributed by atoms with Gasteiger partial charge in [-0.3, -0.25) is 9.78 Å². The Morgan fingerprint density at radius 1 is 1.02 bits per heavy atom. The number of fused-ring (bicyclic) bond motifs is 1. The molecule has 53 heavy (non-hydrogen) atoms. The van der Waals surface area contributed by atoms with Crippen LogP contribution < -0.4 is 14.8 Å². The number of nitrogens with zero attached hydrogens (tertiary/aromatic N) is 6. The molecule has 1 aromatic carbocycles. The second-order valence-corrected chi connectivity index (χ2v) is 13.2. The number of piperidine rings is 1. The van der Waals surface area contributed by atoms with Crippen molar-refractivity contribution in [1.82, 2.24) is 34.5 Å². The van der Waals surface area contributed by atoms with Crippen molar-refractivity contribution in [3.63, 3.8) is 0 Å². The molecule has 0 saturated carbocycles. The lowest BCUT2D eigenvalue weighted by molar-refractivity contribution is -0.130. The van der Waals surface area contributed by atoms with Crippen molar-refractivity contribution >= 4 is 40.8 Å². The van der Waals surface area contributed by atoms with Crippen LogP contribution in [0.3, 0.4) is 0 Å². The van der Waals surface area contributed by atoms with E-state index in [1.807, 2.05) is 18.2 Å². The van der Waals surface area contributed by atoms with Crippen LogP contribution in [0, 0.1) is 0 Å². The molecule has 6 rings (SSSR count). The maximum Gasteiger partial charge on any atom is 0.407 e. The third-order valence-corrected chi connectivity index (χ3v) is 9.98. The Labute approximate surface area is 314 Å². The number of imidazole rings is 1. The summed E-state index contributed by atoms with van der Waals surface area (Å²) in [5, 5.41) is 13.5. The zero-order valence-electron chi connectivity index (χ0n) is 29.2. The lowest BCUT2D eigenvalue weighted by Crippen LogP contribution is -2.47. The Morgan fingerprint density at radius 3 is 2.43 bits per heavy atom. The molecule has 0 spiro atoms. The first-order chi connectivity index (χ1) is 25.5. The van der Waals surface area contributed by atoms with Crippen LogP contribution >= 0.6 is 23.2 Å². The highest BCUT2D eigenvalue weighted by atomic mass is 35.5. The van der Waals surface area contributed by atoms with Crippen LogP contribution in [0.2, 0.25) is 10.0 Å². The lowest BCUT2D eigenvalue weighted by Gasteiger charge is -2.37. The summed E-state index contributed by atoms with van der Waals surface area (Å²) in [5.41, 5.74) is 5.08. The van der Waals surface area contributed by atoms with Crippen LogP contribution in [0.5, 0.6) is 11.6 Å². The molecule has 0 radical (unpaired) electrons. The fraction of sp³-hybridized carbons (Fsp3) is 0.324. The summed E-state index contributed by atoms with van der Waals surface area (Å²) >= 11 is 14.1. The molecule has 0 aliphatic carbocycles. The van der Waals surface area contributed by atoms with Gasteiger partial charge >= 0.3 is 6.09 Å². The Balaban J connectivity index is 1.29. The first-order valence-corrected chi connectivity index (χ1v) is 17.5. The number of carboxylic acid groups (broad SMARTS) is 1. The summed E-state index contributed by atoms with van der Waals surface area (Å²) in [6, 6.07) is 12.3. The molecule has 5 aromatic rings. The highest BCUT2D eigenvalue weighted by molar-refractivity contribution is 6.39. The van der Waals surface area contributed by atoms with E-state index in [9.17, 15) is 23.5 Å². The van der Waals surface area contributed by atoms with Gasteiger partial charge in [0.1, 0.15) is 0 Å². The normalized spacial score (nSPS) is 13.5. The summed E-state index contributed by atoms with van der Waals surface area (Å²) in [7, 11) is 2.99. The van der Waals surface area contributed by atoms with E-state index in [2.05, 4.69) is 15.3 Å². The second-order valence-electron chi connectivity index (χ2n) is 12.5. The molecular formula is C37H37Cl2F2N7O5. The zero-order valence-corrected chi connectivity index (χ0v) is 30.7. The molecule has 0 bridgehead atoms. The minimum absolute atomic E-state index is 0.0223. The maximum atomic E-state index is 12.6. The molecule has 12 nitrogen and oxygen atoms in total. The van der Waals surface area contributed by atoms with E-state index in [1.54, 1.807) is 52.2 Å². The number of pyridine rings is 3. The fourth-order valence-electron chi connectivity index (χ4n) is 6.53. The van der Waals surface area contributed by atoms with Gasteiger partial charge in [0.25, 0.3) is 6.43 Å². The Hall–Kier alpha value is -5.05. The number of benzene rings is 1. The van der Waals surface area contributed by atoms with Gasteiger partial charge in [0.2, 0.25) is 11.8 Å². The minimum atomic E-state index is -2.47. The Kier molecular flexibility index (Phi) is 11.6. The third-order valence-electron chi connectivity index (χ3n) is 9.19. The molecule has 1 aliphatic rings. The number of halogens is 4. The third kappa shape index (κ3) is 8.14. The summed E-state index contributed by atoms with van der Waals surface area (Å²) in [6.07, 6.45) is 2.68. The molecule has 2 N–H and O–H groups in total. The maximum absolute atomic E-state index is 12.6. The number of carbonyl (C=O) groups is 2. The van der Waals surface area contributed by atoms with E-state index in [4.69, 9.17) is 37.7 Å². The highest BCUT2D eigenvalue weighted by Crippen LogP contribution is 2.42. The van der Waals surface area contributed by atoms with E-state index >= 15 is 0 Å². The first-order valence-electron chi connectivity index (χ1n) is 16.8. The summed E-state index contributed by atoms with van der Waals surface area (Å²) in [4.78, 5) is 41.0. The van der Waals surface area contributed by atoms with Gasteiger partial charge in [0.15, 0.2) is 11.4 Å². The summed E-state index contributed by atoms with van der Waals surface area (Å²) < 4.78 is 38.3. The predicted octanol–water partition coefficient (Wildman–Crippen LogP) is 7.29. The minimum Gasteiger partial charge on any atom is -0.493 e. The molecular weight excluding hydrogens is 731 g/mol. The average molecular weight is 769 g/mol. The van der Waals surface area contributed by atoms with E-state index in [-0.39, 0.29) is 30.9 Å². The number of alkyl halides is 2. The topological polar surface area (TPSA) is 134 Å². The lowest BCUT2D eigenvalue weighted by atomic mass is 9.99. The largest absolute Gasteiger partial charge is 0.493 e. The number of nitrogens with one attached hydrogen (secondary N) is 1.